The van der Waals surface area contributed by atoms with Crippen molar-refractivity contribution < 1.29 is 9.53 Å². The number of carbonyl (C=O) groups is 1. The summed E-state index contributed by atoms with van der Waals surface area (Å²) >= 11 is 0. The van der Waals surface area contributed by atoms with E-state index in [-0.39, 0.29) is 6.09 Å². The highest BCUT2D eigenvalue weighted by molar-refractivity contribution is 5.68. The molecule has 4 nitrogen and oxygen atoms in total. The van der Waals surface area contributed by atoms with E-state index in [0.29, 0.717) is 5.92 Å². The Balaban J connectivity index is 1.54. The van der Waals surface area contributed by atoms with Crippen molar-refractivity contribution in [3.05, 3.63) is 65.5 Å². The molecular weight excluding hydrogens is 336 g/mol. The number of piperidine rings is 1. The largest absolute Gasteiger partial charge is 0.444 e. The van der Waals surface area contributed by atoms with Crippen LogP contribution in [-0.2, 0) is 17.6 Å². The fraction of sp³-hybridized carbons (Fsp3) is 0.478. The summed E-state index contributed by atoms with van der Waals surface area (Å²) in [5.41, 5.74) is 3.41. The third-order valence-electron chi connectivity index (χ3n) is 4.96. The van der Waals surface area contributed by atoms with Crippen LogP contribution >= 0.6 is 0 Å². The number of aromatic nitrogens is 1. The molecule has 2 aromatic rings. The standard InChI is InChI=1S/C23H30N2O2/c1-23(2,3)27-22(26)25-15-12-20(13-16-25)21-17-19(11-14-24-21)10-9-18-7-5-4-6-8-18/h4-8,11,14,17,20H,9-10,12-13,15-16H2,1-3H3. The van der Waals surface area contributed by atoms with Gasteiger partial charge in [-0.3, -0.25) is 4.98 Å². The first-order chi connectivity index (χ1) is 12.9. The number of nitrogens with zero attached hydrogens (tertiary/aromatic N) is 2. The van der Waals surface area contributed by atoms with Crippen molar-refractivity contribution in [3.63, 3.8) is 0 Å². The van der Waals surface area contributed by atoms with Crippen molar-refractivity contribution in [1.82, 2.24) is 9.88 Å². The minimum atomic E-state index is -0.442. The van der Waals surface area contributed by atoms with Crippen molar-refractivity contribution in [3.8, 4) is 0 Å². The van der Waals surface area contributed by atoms with Crippen molar-refractivity contribution in [2.24, 2.45) is 0 Å². The topological polar surface area (TPSA) is 42.4 Å². The second kappa shape index (κ2) is 8.55. The normalized spacial score (nSPS) is 15.6. The summed E-state index contributed by atoms with van der Waals surface area (Å²) < 4.78 is 5.48. The molecule has 27 heavy (non-hydrogen) atoms. The lowest BCUT2D eigenvalue weighted by Crippen LogP contribution is -2.41. The lowest BCUT2D eigenvalue weighted by molar-refractivity contribution is 0.0204. The summed E-state index contributed by atoms with van der Waals surface area (Å²) in [6.07, 6.45) is 5.67. The van der Waals surface area contributed by atoms with E-state index in [4.69, 9.17) is 4.74 Å². The van der Waals surface area contributed by atoms with E-state index in [0.717, 1.165) is 44.5 Å². The van der Waals surface area contributed by atoms with E-state index in [1.165, 1.54) is 11.1 Å². The van der Waals surface area contributed by atoms with Crippen LogP contribution in [0.4, 0.5) is 4.79 Å². The van der Waals surface area contributed by atoms with E-state index >= 15 is 0 Å². The number of likely N-dealkylation sites (tertiary alicyclic amines) is 1. The van der Waals surface area contributed by atoms with Crippen LogP contribution in [0.25, 0.3) is 0 Å². The van der Waals surface area contributed by atoms with Gasteiger partial charge in [0.25, 0.3) is 0 Å². The fourth-order valence-corrected chi connectivity index (χ4v) is 3.49. The SMILES string of the molecule is CC(C)(C)OC(=O)N1CCC(c2cc(CCc3ccccc3)ccn2)CC1. The van der Waals surface area contributed by atoms with Crippen LogP contribution in [0.3, 0.4) is 0 Å². The van der Waals surface area contributed by atoms with Crippen LogP contribution in [0.15, 0.2) is 48.7 Å². The maximum absolute atomic E-state index is 12.2. The van der Waals surface area contributed by atoms with Crippen molar-refractivity contribution >= 4 is 6.09 Å². The first kappa shape index (κ1) is 19.4. The van der Waals surface area contributed by atoms with Gasteiger partial charge in [0.05, 0.1) is 0 Å². The molecule has 144 valence electrons. The number of amides is 1. The van der Waals surface area contributed by atoms with Gasteiger partial charge in [-0.2, -0.15) is 0 Å². The molecule has 1 aliphatic rings. The molecule has 0 atom stereocenters. The molecule has 0 N–H and O–H groups in total. The monoisotopic (exact) mass is 366 g/mol. The van der Waals surface area contributed by atoms with Crippen LogP contribution < -0.4 is 0 Å². The number of benzene rings is 1. The Morgan fingerprint density at radius 1 is 1.07 bits per heavy atom. The van der Waals surface area contributed by atoms with Gasteiger partial charge in [-0.25, -0.2) is 4.79 Å². The zero-order valence-electron chi connectivity index (χ0n) is 16.6. The van der Waals surface area contributed by atoms with Gasteiger partial charge < -0.3 is 9.64 Å². The number of hydrogen-bond acceptors (Lipinski definition) is 3. The molecule has 1 aromatic carbocycles. The van der Waals surface area contributed by atoms with Gasteiger partial charge in [0, 0.05) is 30.9 Å². The highest BCUT2D eigenvalue weighted by Gasteiger charge is 2.28. The summed E-state index contributed by atoms with van der Waals surface area (Å²) in [6, 6.07) is 14.9. The van der Waals surface area contributed by atoms with Gasteiger partial charge >= 0.3 is 6.09 Å². The third kappa shape index (κ3) is 5.81. The molecule has 0 bridgehead atoms. The quantitative estimate of drug-likeness (QED) is 0.766. The number of hydrogen-bond donors (Lipinski definition) is 0. The van der Waals surface area contributed by atoms with Gasteiger partial charge in [-0.15, -0.1) is 0 Å². The van der Waals surface area contributed by atoms with Gasteiger partial charge in [0.15, 0.2) is 0 Å². The maximum Gasteiger partial charge on any atom is 0.410 e. The molecule has 1 aromatic heterocycles. The Kier molecular flexibility index (Phi) is 6.15. The average molecular weight is 367 g/mol. The highest BCUT2D eigenvalue weighted by atomic mass is 16.6. The third-order valence-corrected chi connectivity index (χ3v) is 4.96. The van der Waals surface area contributed by atoms with Crippen LogP contribution in [-0.4, -0.2) is 34.7 Å². The predicted octanol–water partition coefficient (Wildman–Crippen LogP) is 4.98. The molecule has 4 heteroatoms. The molecule has 2 heterocycles. The van der Waals surface area contributed by atoms with E-state index in [2.05, 4.69) is 47.4 Å². The number of aryl methyl sites for hydroxylation is 2. The van der Waals surface area contributed by atoms with Crippen LogP contribution in [0, 0.1) is 0 Å². The molecule has 0 aliphatic carbocycles. The number of ether oxygens (including phenoxy) is 1. The zero-order chi connectivity index (χ0) is 19.3. The van der Waals surface area contributed by atoms with Crippen molar-refractivity contribution in [2.45, 2.75) is 58.0 Å². The van der Waals surface area contributed by atoms with Crippen molar-refractivity contribution in [1.29, 1.82) is 0 Å². The van der Waals surface area contributed by atoms with Gasteiger partial charge in [0.1, 0.15) is 5.60 Å². The predicted molar refractivity (Wildman–Crippen MR) is 108 cm³/mol. The van der Waals surface area contributed by atoms with E-state index in [1.54, 1.807) is 0 Å². The lowest BCUT2D eigenvalue weighted by atomic mass is 9.92. The molecule has 0 spiro atoms. The second-order valence-corrected chi connectivity index (χ2v) is 8.32. The highest BCUT2D eigenvalue weighted by Crippen LogP contribution is 2.28. The molecule has 1 amide bonds. The summed E-state index contributed by atoms with van der Waals surface area (Å²) in [5.74, 6) is 0.417. The molecule has 3 rings (SSSR count). The molecule has 0 saturated carbocycles. The molecule has 1 aliphatic heterocycles. The molecule has 1 fully saturated rings. The molecular formula is C23H30N2O2. The number of rotatable bonds is 4. The smallest absolute Gasteiger partial charge is 0.410 e. The summed E-state index contributed by atoms with van der Waals surface area (Å²) in [6.45, 7) is 7.18. The lowest BCUT2D eigenvalue weighted by Gasteiger charge is -2.33. The molecule has 1 saturated heterocycles. The van der Waals surface area contributed by atoms with Crippen LogP contribution in [0.5, 0.6) is 0 Å². The fourth-order valence-electron chi connectivity index (χ4n) is 3.49. The van der Waals surface area contributed by atoms with Gasteiger partial charge in [-0.1, -0.05) is 30.3 Å². The second-order valence-electron chi connectivity index (χ2n) is 8.32. The Morgan fingerprint density at radius 2 is 1.74 bits per heavy atom. The first-order valence-corrected chi connectivity index (χ1v) is 9.87. The summed E-state index contributed by atoms with van der Waals surface area (Å²) in [7, 11) is 0. The molecule has 0 radical (unpaired) electrons. The van der Waals surface area contributed by atoms with E-state index in [1.807, 2.05) is 31.9 Å². The van der Waals surface area contributed by atoms with Crippen LogP contribution in [0.1, 0.15) is 56.4 Å². The summed E-state index contributed by atoms with van der Waals surface area (Å²) in [4.78, 5) is 18.7. The van der Waals surface area contributed by atoms with Crippen LogP contribution in [0.2, 0.25) is 0 Å². The maximum atomic E-state index is 12.2. The Hall–Kier alpha value is -2.36. The zero-order valence-corrected chi connectivity index (χ0v) is 16.6. The minimum Gasteiger partial charge on any atom is -0.444 e. The first-order valence-electron chi connectivity index (χ1n) is 9.87. The number of carbonyl (C=O) groups excluding carboxylic acids is 1. The van der Waals surface area contributed by atoms with Crippen molar-refractivity contribution in [2.75, 3.05) is 13.1 Å². The van der Waals surface area contributed by atoms with E-state index in [9.17, 15) is 4.79 Å². The minimum absolute atomic E-state index is 0.203. The Labute approximate surface area is 162 Å². The number of pyridine rings is 1. The molecule has 0 unspecified atom stereocenters. The Morgan fingerprint density at radius 3 is 2.41 bits per heavy atom. The van der Waals surface area contributed by atoms with Gasteiger partial charge in [0.2, 0.25) is 0 Å². The summed E-state index contributed by atoms with van der Waals surface area (Å²) in [5, 5.41) is 0. The van der Waals surface area contributed by atoms with E-state index < -0.39 is 5.60 Å². The Bertz CT molecular complexity index is 744. The average Bonchev–Trinajstić information content (AvgIpc) is 2.66. The van der Waals surface area contributed by atoms with Gasteiger partial charge in [-0.05, 0) is 69.7 Å².